The second-order valence-corrected chi connectivity index (χ2v) is 6.65. The number of carbonyl (C=O) groups excluding carboxylic acids is 1. The summed E-state index contributed by atoms with van der Waals surface area (Å²) in [6.45, 7) is 2.22. The summed E-state index contributed by atoms with van der Waals surface area (Å²) >= 11 is 1.83. The van der Waals surface area contributed by atoms with E-state index in [1.165, 1.54) is 24.8 Å². The fourth-order valence-corrected chi connectivity index (χ4v) is 3.98. The summed E-state index contributed by atoms with van der Waals surface area (Å²) in [5.74, 6) is 1.30. The second kappa shape index (κ2) is 6.48. The molecule has 0 unspecified atom stereocenters. The normalized spacial score (nSPS) is 12.9. The minimum atomic E-state index is 0.199. The fourth-order valence-electron chi connectivity index (χ4n) is 2.87. The van der Waals surface area contributed by atoms with Gasteiger partial charge in [0.25, 0.3) is 0 Å². The lowest BCUT2D eigenvalue weighted by Gasteiger charge is -2.20. The molecule has 0 atom stereocenters. The van der Waals surface area contributed by atoms with Gasteiger partial charge in [0.1, 0.15) is 0 Å². The van der Waals surface area contributed by atoms with Gasteiger partial charge in [0, 0.05) is 16.0 Å². The van der Waals surface area contributed by atoms with E-state index in [1.807, 2.05) is 30.0 Å². The Balaban J connectivity index is 1.89. The van der Waals surface area contributed by atoms with E-state index in [4.69, 9.17) is 0 Å². The zero-order chi connectivity index (χ0) is 14.7. The van der Waals surface area contributed by atoms with Gasteiger partial charge in [-0.1, -0.05) is 56.2 Å². The highest BCUT2D eigenvalue weighted by molar-refractivity contribution is 7.99. The molecule has 0 amide bonds. The van der Waals surface area contributed by atoms with Crippen molar-refractivity contribution in [1.82, 2.24) is 0 Å². The maximum Gasteiger partial charge on any atom is 0.194 e. The molecule has 21 heavy (non-hydrogen) atoms. The van der Waals surface area contributed by atoms with Crippen molar-refractivity contribution in [3.8, 4) is 0 Å². The van der Waals surface area contributed by atoms with Crippen LogP contribution < -0.4 is 0 Å². The van der Waals surface area contributed by atoms with Crippen LogP contribution in [0, 0.1) is 0 Å². The van der Waals surface area contributed by atoms with Crippen molar-refractivity contribution in [2.75, 3.05) is 5.75 Å². The van der Waals surface area contributed by atoms with Crippen LogP contribution in [0.1, 0.15) is 53.2 Å². The van der Waals surface area contributed by atoms with Gasteiger partial charge in [-0.25, -0.2) is 0 Å². The van der Waals surface area contributed by atoms with Crippen LogP contribution in [-0.4, -0.2) is 11.5 Å². The third-order valence-electron chi connectivity index (χ3n) is 3.99. The van der Waals surface area contributed by atoms with Crippen molar-refractivity contribution >= 4 is 17.5 Å². The van der Waals surface area contributed by atoms with Crippen molar-refractivity contribution in [3.05, 3.63) is 64.7 Å². The van der Waals surface area contributed by atoms with Gasteiger partial charge in [-0.15, -0.1) is 11.8 Å². The number of fused-ring (bicyclic) bond motifs is 2. The lowest BCUT2D eigenvalue weighted by Crippen LogP contribution is -2.16. The summed E-state index contributed by atoms with van der Waals surface area (Å²) in [7, 11) is 0. The van der Waals surface area contributed by atoms with Gasteiger partial charge in [-0.05, 0) is 35.8 Å². The highest BCUT2D eigenvalue weighted by Crippen LogP contribution is 2.34. The van der Waals surface area contributed by atoms with E-state index in [0.717, 1.165) is 33.8 Å². The lowest BCUT2D eigenvalue weighted by atomic mass is 9.85. The monoisotopic (exact) mass is 296 g/mol. The molecule has 0 saturated carbocycles. The lowest BCUT2D eigenvalue weighted by molar-refractivity contribution is 0.103. The Labute approximate surface area is 130 Å². The average molecular weight is 296 g/mol. The Hall–Kier alpha value is -1.54. The highest BCUT2D eigenvalue weighted by atomic mass is 32.2. The molecule has 108 valence electrons. The van der Waals surface area contributed by atoms with Gasteiger partial charge in [0.2, 0.25) is 0 Å². The molecule has 0 aromatic heterocycles. The van der Waals surface area contributed by atoms with E-state index in [0.29, 0.717) is 0 Å². The minimum absolute atomic E-state index is 0.199. The molecule has 0 spiro atoms. The number of benzene rings is 2. The first-order chi connectivity index (χ1) is 10.3. The van der Waals surface area contributed by atoms with E-state index in [2.05, 4.69) is 31.2 Å². The van der Waals surface area contributed by atoms with E-state index in [1.54, 1.807) is 0 Å². The third kappa shape index (κ3) is 2.91. The Kier molecular flexibility index (Phi) is 4.45. The molecule has 2 heteroatoms. The highest BCUT2D eigenvalue weighted by Gasteiger charge is 2.25. The first-order valence-electron chi connectivity index (χ1n) is 7.68. The van der Waals surface area contributed by atoms with Crippen LogP contribution >= 0.6 is 11.8 Å². The van der Waals surface area contributed by atoms with E-state index < -0.39 is 0 Å². The van der Waals surface area contributed by atoms with Gasteiger partial charge in [0.15, 0.2) is 5.78 Å². The molecule has 0 saturated heterocycles. The molecule has 0 fully saturated rings. The van der Waals surface area contributed by atoms with Gasteiger partial charge < -0.3 is 0 Å². The van der Waals surface area contributed by atoms with Crippen molar-refractivity contribution in [2.45, 2.75) is 37.5 Å². The summed E-state index contributed by atoms with van der Waals surface area (Å²) < 4.78 is 0. The summed E-state index contributed by atoms with van der Waals surface area (Å²) in [5, 5.41) is 0. The molecule has 0 aliphatic heterocycles. The van der Waals surface area contributed by atoms with E-state index in [9.17, 15) is 4.79 Å². The summed E-state index contributed by atoms with van der Waals surface area (Å²) in [6.07, 6.45) is 4.59. The summed E-state index contributed by atoms with van der Waals surface area (Å²) in [4.78, 5) is 14.0. The zero-order valence-electron chi connectivity index (χ0n) is 12.4. The Morgan fingerprint density at radius 1 is 1.00 bits per heavy atom. The predicted octanol–water partition coefficient (Wildman–Crippen LogP) is 5.10. The Bertz CT molecular complexity index is 660. The van der Waals surface area contributed by atoms with Crippen molar-refractivity contribution in [2.24, 2.45) is 0 Å². The standard InChI is InChI=1S/C19H20OS/c1-2-3-6-12-21-17-11-7-9-15-13-14-8-4-5-10-16(14)19(20)18(15)17/h4-5,7-11H,2-3,6,12-13H2,1H3. The first-order valence-corrected chi connectivity index (χ1v) is 8.67. The number of thioether (sulfide) groups is 1. The van der Waals surface area contributed by atoms with Gasteiger partial charge in [-0.3, -0.25) is 4.79 Å². The third-order valence-corrected chi connectivity index (χ3v) is 5.13. The summed E-state index contributed by atoms with van der Waals surface area (Å²) in [5.41, 5.74) is 4.16. The molecule has 0 radical (unpaired) electrons. The molecular formula is C19H20OS. The maximum atomic E-state index is 12.8. The number of carbonyl (C=O) groups is 1. The average Bonchev–Trinajstić information content (AvgIpc) is 2.52. The number of rotatable bonds is 5. The fraction of sp³-hybridized carbons (Fsp3) is 0.316. The van der Waals surface area contributed by atoms with Crippen LogP contribution in [-0.2, 0) is 6.42 Å². The number of ketones is 1. The van der Waals surface area contributed by atoms with E-state index >= 15 is 0 Å². The Morgan fingerprint density at radius 2 is 1.81 bits per heavy atom. The number of unbranched alkanes of at least 4 members (excludes halogenated alkanes) is 2. The SMILES string of the molecule is CCCCCSc1cccc2c1C(=O)c1ccccc1C2. The van der Waals surface area contributed by atoms with Gasteiger partial charge in [-0.2, -0.15) is 0 Å². The first kappa shape index (κ1) is 14.4. The molecule has 0 heterocycles. The Morgan fingerprint density at radius 3 is 2.67 bits per heavy atom. The van der Waals surface area contributed by atoms with Crippen molar-refractivity contribution in [1.29, 1.82) is 0 Å². The molecule has 1 aliphatic rings. The van der Waals surface area contributed by atoms with Crippen LogP contribution in [0.2, 0.25) is 0 Å². The van der Waals surface area contributed by atoms with Crippen LogP contribution in [0.4, 0.5) is 0 Å². The molecule has 0 N–H and O–H groups in total. The van der Waals surface area contributed by atoms with Crippen molar-refractivity contribution < 1.29 is 4.79 Å². The van der Waals surface area contributed by atoms with E-state index in [-0.39, 0.29) is 5.78 Å². The quantitative estimate of drug-likeness (QED) is 0.481. The topological polar surface area (TPSA) is 17.1 Å². The number of hydrogen-bond donors (Lipinski definition) is 0. The molecule has 3 rings (SSSR count). The van der Waals surface area contributed by atoms with Crippen LogP contribution in [0.3, 0.4) is 0 Å². The van der Waals surface area contributed by atoms with Crippen LogP contribution in [0.15, 0.2) is 47.4 Å². The maximum absolute atomic E-state index is 12.8. The van der Waals surface area contributed by atoms with Crippen molar-refractivity contribution in [3.63, 3.8) is 0 Å². The molecule has 1 aliphatic carbocycles. The predicted molar refractivity (Wildman–Crippen MR) is 89.4 cm³/mol. The smallest absolute Gasteiger partial charge is 0.194 e. The zero-order valence-corrected chi connectivity index (χ0v) is 13.2. The van der Waals surface area contributed by atoms with Gasteiger partial charge in [0.05, 0.1) is 0 Å². The second-order valence-electron chi connectivity index (χ2n) is 5.51. The van der Waals surface area contributed by atoms with Crippen LogP contribution in [0.5, 0.6) is 0 Å². The molecule has 0 bridgehead atoms. The largest absolute Gasteiger partial charge is 0.289 e. The van der Waals surface area contributed by atoms with Gasteiger partial charge >= 0.3 is 0 Å². The van der Waals surface area contributed by atoms with Crippen LogP contribution in [0.25, 0.3) is 0 Å². The summed E-state index contributed by atoms with van der Waals surface area (Å²) in [6, 6.07) is 14.3. The number of hydrogen-bond acceptors (Lipinski definition) is 2. The molecule has 1 nitrogen and oxygen atoms in total. The molecular weight excluding hydrogens is 276 g/mol. The molecule has 2 aromatic rings. The minimum Gasteiger partial charge on any atom is -0.289 e. The molecule has 2 aromatic carbocycles.